The van der Waals surface area contributed by atoms with Crippen molar-refractivity contribution < 1.29 is 44.9 Å². The largest absolute Gasteiger partial charge is 0.481 e. The number of hydrogen-bond donors (Lipinski definition) is 5. The fourth-order valence-corrected chi connectivity index (χ4v) is 2.35. The average molecular weight is 479 g/mol. The van der Waals surface area contributed by atoms with Crippen LogP contribution in [0.3, 0.4) is 0 Å². The van der Waals surface area contributed by atoms with E-state index < -0.39 is 26.8 Å². The minimum absolute atomic E-state index is 0.332. The molecule has 30 heavy (non-hydrogen) atoms. The Labute approximate surface area is 180 Å². The van der Waals surface area contributed by atoms with Gasteiger partial charge in [0.2, 0.25) is 0 Å². The monoisotopic (exact) mass is 478 g/mol. The van der Waals surface area contributed by atoms with Gasteiger partial charge in [0.05, 0.1) is 0 Å². The summed E-state index contributed by atoms with van der Waals surface area (Å²) in [7, 11) is -9.33. The van der Waals surface area contributed by atoms with Crippen molar-refractivity contribution in [2.75, 3.05) is 0 Å². The Morgan fingerprint density at radius 2 is 0.933 bits per heavy atom. The number of carboxylic acids is 1. The highest BCUT2D eigenvalue weighted by atomic mass is 32.3. The van der Waals surface area contributed by atoms with Crippen LogP contribution in [0.25, 0.3) is 0 Å². The van der Waals surface area contributed by atoms with Crippen molar-refractivity contribution in [2.24, 2.45) is 0 Å². The summed E-state index contributed by atoms with van der Waals surface area (Å²) in [6.45, 7) is 2.26. The van der Waals surface area contributed by atoms with Gasteiger partial charge in [0.1, 0.15) is 0 Å². The SMILES string of the molecule is CCCCCCCC/C=C\CCCCCCCC(=O)O.O=S(=O)(O)O.O=S(=O)(O)O. The molecular formula is C18H38O10S2. The van der Waals surface area contributed by atoms with Crippen LogP contribution in [-0.2, 0) is 25.6 Å². The Bertz CT molecular complexity index is 567. The highest BCUT2D eigenvalue weighted by Crippen LogP contribution is 2.09. The average Bonchev–Trinajstić information content (AvgIpc) is 2.55. The Morgan fingerprint density at radius 1 is 0.633 bits per heavy atom. The van der Waals surface area contributed by atoms with Crippen LogP contribution in [-0.4, -0.2) is 46.1 Å². The molecule has 0 aliphatic rings. The summed E-state index contributed by atoms with van der Waals surface area (Å²) in [6, 6.07) is 0. The quantitative estimate of drug-likeness (QED) is 0.124. The first-order chi connectivity index (χ1) is 13.8. The molecule has 0 aliphatic carbocycles. The van der Waals surface area contributed by atoms with Crippen LogP contribution in [0.4, 0.5) is 0 Å². The molecule has 0 rings (SSSR count). The van der Waals surface area contributed by atoms with Crippen LogP contribution >= 0.6 is 0 Å². The fraction of sp³-hybridized carbons (Fsp3) is 0.833. The first-order valence-corrected chi connectivity index (χ1v) is 12.8. The molecule has 0 aromatic carbocycles. The maximum absolute atomic E-state index is 10.3. The minimum Gasteiger partial charge on any atom is -0.481 e. The molecule has 182 valence electrons. The molecule has 0 saturated carbocycles. The summed E-state index contributed by atoms with van der Waals surface area (Å²) >= 11 is 0. The molecule has 0 unspecified atom stereocenters. The lowest BCUT2D eigenvalue weighted by Crippen LogP contribution is -1.93. The molecule has 0 fully saturated rings. The van der Waals surface area contributed by atoms with Crippen LogP contribution in [0.2, 0.25) is 0 Å². The zero-order valence-corrected chi connectivity index (χ0v) is 19.3. The molecular weight excluding hydrogens is 440 g/mol. The second kappa shape index (κ2) is 22.6. The van der Waals surface area contributed by atoms with Gasteiger partial charge < -0.3 is 5.11 Å². The van der Waals surface area contributed by atoms with E-state index in [-0.39, 0.29) is 0 Å². The zero-order valence-electron chi connectivity index (χ0n) is 17.6. The number of hydrogen-bond acceptors (Lipinski definition) is 5. The number of unbranched alkanes of at least 4 members (excludes halogenated alkanes) is 11. The standard InChI is InChI=1S/C18H34O2.2H2O4S/c1-2-3-4-5-6-7-8-9-10-11-12-13-14-15-16-17-18(19)20;2*1-5(2,3)4/h9-10H,2-8,11-17H2,1H3,(H,19,20);2*(H2,1,2,3,4)/b10-9-;;. The van der Waals surface area contributed by atoms with Crippen LogP contribution in [0, 0.1) is 0 Å². The van der Waals surface area contributed by atoms with Crippen LogP contribution in [0.1, 0.15) is 96.8 Å². The third-order valence-electron chi connectivity index (χ3n) is 3.65. The van der Waals surface area contributed by atoms with E-state index >= 15 is 0 Å². The van der Waals surface area contributed by atoms with Gasteiger partial charge in [-0.25, -0.2) is 0 Å². The molecule has 0 radical (unpaired) electrons. The van der Waals surface area contributed by atoms with Gasteiger partial charge in [0.15, 0.2) is 0 Å². The smallest absolute Gasteiger partial charge is 0.394 e. The number of aliphatic carboxylic acids is 1. The fourth-order valence-electron chi connectivity index (χ4n) is 2.35. The molecule has 0 aromatic rings. The Balaban J connectivity index is -0.000000599. The van der Waals surface area contributed by atoms with E-state index in [1.807, 2.05) is 0 Å². The van der Waals surface area contributed by atoms with E-state index in [4.69, 9.17) is 40.2 Å². The summed E-state index contributed by atoms with van der Waals surface area (Å²) in [5.41, 5.74) is 0. The summed E-state index contributed by atoms with van der Waals surface area (Å²) in [4.78, 5) is 10.3. The van der Waals surface area contributed by atoms with Crippen molar-refractivity contribution in [3.63, 3.8) is 0 Å². The van der Waals surface area contributed by atoms with E-state index in [2.05, 4.69) is 19.1 Å². The van der Waals surface area contributed by atoms with E-state index in [9.17, 15) is 4.79 Å². The van der Waals surface area contributed by atoms with E-state index in [0.717, 1.165) is 12.8 Å². The summed E-state index contributed by atoms with van der Waals surface area (Å²) < 4.78 is 63.2. The van der Waals surface area contributed by atoms with Gasteiger partial charge in [0, 0.05) is 6.42 Å². The van der Waals surface area contributed by atoms with E-state index in [0.29, 0.717) is 6.42 Å². The molecule has 0 heterocycles. The number of rotatable bonds is 15. The van der Waals surface area contributed by atoms with Gasteiger partial charge in [-0.05, 0) is 32.1 Å². The Hall–Kier alpha value is -1.05. The first kappa shape index (κ1) is 33.6. The number of allylic oxidation sites excluding steroid dienone is 2. The molecule has 12 heteroatoms. The second-order valence-corrected chi connectivity index (χ2v) is 8.42. The molecule has 10 nitrogen and oxygen atoms in total. The predicted molar refractivity (Wildman–Crippen MR) is 115 cm³/mol. The summed E-state index contributed by atoms with van der Waals surface area (Å²) in [5.74, 6) is -0.664. The lowest BCUT2D eigenvalue weighted by molar-refractivity contribution is -0.137. The van der Waals surface area contributed by atoms with Gasteiger partial charge in [0.25, 0.3) is 0 Å². The van der Waals surface area contributed by atoms with Crippen molar-refractivity contribution in [3.8, 4) is 0 Å². The molecule has 0 spiro atoms. The van der Waals surface area contributed by atoms with E-state index in [1.54, 1.807) is 0 Å². The van der Waals surface area contributed by atoms with Gasteiger partial charge in [-0.2, -0.15) is 16.8 Å². The lowest BCUT2D eigenvalue weighted by Gasteiger charge is -1.99. The lowest BCUT2D eigenvalue weighted by atomic mass is 10.1. The molecule has 0 aliphatic heterocycles. The molecule has 0 saturated heterocycles. The van der Waals surface area contributed by atoms with Gasteiger partial charge in [-0.3, -0.25) is 23.0 Å². The van der Waals surface area contributed by atoms with Crippen molar-refractivity contribution in [2.45, 2.75) is 96.8 Å². The topological polar surface area (TPSA) is 186 Å². The van der Waals surface area contributed by atoms with Gasteiger partial charge >= 0.3 is 26.8 Å². The highest BCUT2D eigenvalue weighted by molar-refractivity contribution is 7.80. The summed E-state index contributed by atoms with van der Waals surface area (Å²) in [6.07, 6.45) is 21.2. The van der Waals surface area contributed by atoms with Crippen LogP contribution < -0.4 is 0 Å². The third kappa shape index (κ3) is 71.3. The van der Waals surface area contributed by atoms with Crippen molar-refractivity contribution >= 4 is 26.8 Å². The van der Waals surface area contributed by atoms with Crippen molar-refractivity contribution in [3.05, 3.63) is 12.2 Å². The molecule has 5 N–H and O–H groups in total. The maximum atomic E-state index is 10.3. The molecule has 0 amide bonds. The van der Waals surface area contributed by atoms with E-state index in [1.165, 1.54) is 70.6 Å². The zero-order chi connectivity index (χ0) is 23.9. The van der Waals surface area contributed by atoms with Gasteiger partial charge in [-0.1, -0.05) is 70.4 Å². The van der Waals surface area contributed by atoms with Crippen molar-refractivity contribution in [1.82, 2.24) is 0 Å². The van der Waals surface area contributed by atoms with Crippen LogP contribution in [0.15, 0.2) is 12.2 Å². The Kier molecular flexibility index (Phi) is 25.3. The predicted octanol–water partition coefficient (Wildman–Crippen LogP) is 4.80. The number of carbonyl (C=O) groups is 1. The van der Waals surface area contributed by atoms with Crippen LogP contribution in [0.5, 0.6) is 0 Å². The summed E-state index contributed by atoms with van der Waals surface area (Å²) in [5, 5.41) is 8.51. The first-order valence-electron chi connectivity index (χ1n) is 10.0. The molecule has 0 bridgehead atoms. The third-order valence-corrected chi connectivity index (χ3v) is 3.65. The maximum Gasteiger partial charge on any atom is 0.394 e. The molecule has 0 aromatic heterocycles. The highest BCUT2D eigenvalue weighted by Gasteiger charge is 1.95. The molecule has 0 atom stereocenters. The number of carboxylic acid groups (broad SMARTS) is 1. The van der Waals surface area contributed by atoms with Gasteiger partial charge in [-0.15, -0.1) is 0 Å². The minimum atomic E-state index is -4.67. The Morgan fingerprint density at radius 3 is 1.27 bits per heavy atom. The normalized spacial score (nSPS) is 11.4. The van der Waals surface area contributed by atoms with Crippen molar-refractivity contribution in [1.29, 1.82) is 0 Å². The second-order valence-electron chi connectivity index (χ2n) is 6.62.